The number of ether oxygens (including phenoxy) is 1. The minimum absolute atomic E-state index is 0.0154. The summed E-state index contributed by atoms with van der Waals surface area (Å²) >= 11 is 0. The Balaban J connectivity index is 1.70. The van der Waals surface area contributed by atoms with E-state index in [1.165, 1.54) is 0 Å². The maximum Gasteiger partial charge on any atom is 0.227 e. The predicted octanol–water partition coefficient (Wildman–Crippen LogP) is 0.767. The van der Waals surface area contributed by atoms with Gasteiger partial charge in [0.2, 0.25) is 11.8 Å². The second kappa shape index (κ2) is 9.85. The van der Waals surface area contributed by atoms with Crippen molar-refractivity contribution in [2.45, 2.75) is 33.2 Å². The summed E-state index contributed by atoms with van der Waals surface area (Å²) < 4.78 is 7.27. The first-order valence-corrected chi connectivity index (χ1v) is 9.59. The monoisotopic (exact) mass is 379 g/mol. The average molecular weight is 380 g/mol. The molecule has 1 aliphatic rings. The molecule has 2 heterocycles. The van der Waals surface area contributed by atoms with Crippen LogP contribution in [-0.2, 0) is 14.3 Å². The Hall–Kier alpha value is -1.93. The van der Waals surface area contributed by atoms with Crippen LogP contribution in [0.25, 0.3) is 0 Å². The van der Waals surface area contributed by atoms with Gasteiger partial charge < -0.3 is 19.5 Å². The molecule has 0 spiro atoms. The van der Waals surface area contributed by atoms with Crippen molar-refractivity contribution < 1.29 is 14.3 Å². The molecule has 8 heteroatoms. The van der Waals surface area contributed by atoms with Gasteiger partial charge in [0.25, 0.3) is 0 Å². The highest BCUT2D eigenvalue weighted by atomic mass is 16.5. The standard InChI is InChI=1S/C19H33N5O3/c1-16(24-8-5-20-15-24)13-17(25)22(4)7-6-21-18(26)19(2,3)14-23-9-11-27-12-10-23/h5,8,15-16H,6-7,9-14H2,1-4H3,(H,21,26). The first-order valence-electron chi connectivity index (χ1n) is 9.59. The van der Waals surface area contributed by atoms with Gasteiger partial charge in [-0.2, -0.15) is 0 Å². The molecule has 1 N–H and O–H groups in total. The lowest BCUT2D eigenvalue weighted by molar-refractivity contribution is -0.133. The van der Waals surface area contributed by atoms with Gasteiger partial charge in [-0.3, -0.25) is 14.5 Å². The summed E-state index contributed by atoms with van der Waals surface area (Å²) in [5.41, 5.74) is -0.476. The first-order chi connectivity index (χ1) is 12.8. The molecule has 1 aromatic heterocycles. The van der Waals surface area contributed by atoms with Crippen LogP contribution in [0.4, 0.5) is 0 Å². The molecule has 1 aliphatic heterocycles. The van der Waals surface area contributed by atoms with Gasteiger partial charge in [0, 0.05) is 64.6 Å². The third-order valence-corrected chi connectivity index (χ3v) is 5.00. The molecule has 8 nitrogen and oxygen atoms in total. The third kappa shape index (κ3) is 6.62. The molecular formula is C19H33N5O3. The third-order valence-electron chi connectivity index (χ3n) is 5.00. The van der Waals surface area contributed by atoms with E-state index in [-0.39, 0.29) is 17.9 Å². The van der Waals surface area contributed by atoms with Crippen molar-refractivity contribution >= 4 is 11.8 Å². The number of carbonyl (C=O) groups is 2. The topological polar surface area (TPSA) is 79.7 Å². The van der Waals surface area contributed by atoms with Gasteiger partial charge >= 0.3 is 0 Å². The summed E-state index contributed by atoms with van der Waals surface area (Å²) in [7, 11) is 1.77. The Morgan fingerprint density at radius 3 is 2.67 bits per heavy atom. The number of hydrogen-bond donors (Lipinski definition) is 1. The zero-order chi connectivity index (χ0) is 19.9. The highest BCUT2D eigenvalue weighted by molar-refractivity contribution is 5.82. The SMILES string of the molecule is CC(CC(=O)N(C)CCNC(=O)C(C)(C)CN1CCOCC1)n1ccnc1. The molecule has 1 fully saturated rings. The number of imidazole rings is 1. The van der Waals surface area contributed by atoms with Crippen molar-refractivity contribution in [3.05, 3.63) is 18.7 Å². The lowest BCUT2D eigenvalue weighted by Gasteiger charge is -2.34. The van der Waals surface area contributed by atoms with Crippen molar-refractivity contribution in [3.63, 3.8) is 0 Å². The van der Waals surface area contributed by atoms with E-state index in [1.54, 1.807) is 24.5 Å². The van der Waals surface area contributed by atoms with E-state index < -0.39 is 5.41 Å². The van der Waals surface area contributed by atoms with Gasteiger partial charge in [-0.25, -0.2) is 4.98 Å². The van der Waals surface area contributed by atoms with Crippen LogP contribution in [0.15, 0.2) is 18.7 Å². The van der Waals surface area contributed by atoms with E-state index >= 15 is 0 Å². The second-order valence-corrected chi connectivity index (χ2v) is 7.91. The van der Waals surface area contributed by atoms with Crippen molar-refractivity contribution in [2.24, 2.45) is 5.41 Å². The number of carbonyl (C=O) groups excluding carboxylic acids is 2. The molecule has 1 atom stereocenters. The summed E-state index contributed by atoms with van der Waals surface area (Å²) in [6.07, 6.45) is 5.69. The van der Waals surface area contributed by atoms with Crippen LogP contribution in [0.5, 0.6) is 0 Å². The van der Waals surface area contributed by atoms with E-state index in [4.69, 9.17) is 4.74 Å². The van der Waals surface area contributed by atoms with E-state index in [9.17, 15) is 9.59 Å². The fourth-order valence-electron chi connectivity index (χ4n) is 3.14. The Labute approximate surface area is 161 Å². The maximum absolute atomic E-state index is 12.5. The molecule has 0 radical (unpaired) electrons. The second-order valence-electron chi connectivity index (χ2n) is 7.91. The highest BCUT2D eigenvalue weighted by Gasteiger charge is 2.30. The van der Waals surface area contributed by atoms with Crippen molar-refractivity contribution in [3.8, 4) is 0 Å². The lowest BCUT2D eigenvalue weighted by Crippen LogP contribution is -2.49. The molecule has 1 unspecified atom stereocenters. The molecule has 1 saturated heterocycles. The van der Waals surface area contributed by atoms with Crippen LogP contribution < -0.4 is 5.32 Å². The lowest BCUT2D eigenvalue weighted by atomic mass is 9.91. The van der Waals surface area contributed by atoms with Gasteiger partial charge in [0.05, 0.1) is 25.0 Å². The predicted molar refractivity (Wildman–Crippen MR) is 103 cm³/mol. The van der Waals surface area contributed by atoms with Gasteiger partial charge in [0.1, 0.15) is 0 Å². The number of morpholine rings is 1. The number of nitrogens with zero attached hydrogens (tertiary/aromatic N) is 4. The number of aromatic nitrogens is 2. The molecule has 0 aliphatic carbocycles. The van der Waals surface area contributed by atoms with E-state index in [2.05, 4.69) is 15.2 Å². The minimum atomic E-state index is -0.476. The van der Waals surface area contributed by atoms with Crippen LogP contribution in [0.1, 0.15) is 33.2 Å². The van der Waals surface area contributed by atoms with Crippen LogP contribution in [0.3, 0.4) is 0 Å². The maximum atomic E-state index is 12.5. The first kappa shape index (κ1) is 21.4. The molecule has 2 rings (SSSR count). The largest absolute Gasteiger partial charge is 0.379 e. The summed E-state index contributed by atoms with van der Waals surface area (Å²) in [4.78, 5) is 32.8. The van der Waals surface area contributed by atoms with Gasteiger partial charge in [0.15, 0.2) is 0 Å². The Kier molecular flexibility index (Phi) is 7.79. The molecule has 152 valence electrons. The van der Waals surface area contributed by atoms with Crippen LogP contribution >= 0.6 is 0 Å². The molecule has 2 amide bonds. The number of hydrogen-bond acceptors (Lipinski definition) is 5. The zero-order valence-electron chi connectivity index (χ0n) is 17.0. The van der Waals surface area contributed by atoms with Crippen LogP contribution in [0.2, 0.25) is 0 Å². The van der Waals surface area contributed by atoms with E-state index in [0.717, 1.165) is 26.3 Å². The Morgan fingerprint density at radius 2 is 2.04 bits per heavy atom. The Bertz CT molecular complexity index is 596. The Morgan fingerprint density at radius 1 is 1.33 bits per heavy atom. The number of rotatable bonds is 9. The molecule has 27 heavy (non-hydrogen) atoms. The highest BCUT2D eigenvalue weighted by Crippen LogP contribution is 2.18. The zero-order valence-corrected chi connectivity index (χ0v) is 17.0. The van der Waals surface area contributed by atoms with Crippen LogP contribution in [-0.4, -0.2) is 84.2 Å². The average Bonchev–Trinajstić information content (AvgIpc) is 3.16. The van der Waals surface area contributed by atoms with Crippen LogP contribution in [0, 0.1) is 5.41 Å². The van der Waals surface area contributed by atoms with E-state index in [1.807, 2.05) is 31.5 Å². The van der Waals surface area contributed by atoms with Crippen molar-refractivity contribution in [1.82, 2.24) is 24.7 Å². The summed E-state index contributed by atoms with van der Waals surface area (Å²) in [6.45, 7) is 10.7. The number of likely N-dealkylation sites (N-methyl/N-ethyl adjacent to an activating group) is 1. The normalized spacial score (nSPS) is 16.7. The fraction of sp³-hybridized carbons (Fsp3) is 0.737. The fourth-order valence-corrected chi connectivity index (χ4v) is 3.14. The van der Waals surface area contributed by atoms with Crippen molar-refractivity contribution in [1.29, 1.82) is 0 Å². The molecule has 1 aromatic rings. The summed E-state index contributed by atoms with van der Waals surface area (Å²) in [5, 5.41) is 2.97. The molecule has 0 bridgehead atoms. The molecule has 0 aromatic carbocycles. The summed E-state index contributed by atoms with van der Waals surface area (Å²) in [5.74, 6) is 0.0691. The van der Waals surface area contributed by atoms with Gasteiger partial charge in [-0.1, -0.05) is 0 Å². The minimum Gasteiger partial charge on any atom is -0.379 e. The number of amides is 2. The molecule has 0 saturated carbocycles. The van der Waals surface area contributed by atoms with Gasteiger partial charge in [-0.15, -0.1) is 0 Å². The van der Waals surface area contributed by atoms with Crippen molar-refractivity contribution in [2.75, 3.05) is 53.0 Å². The quantitative estimate of drug-likeness (QED) is 0.685. The molecular weight excluding hydrogens is 346 g/mol. The smallest absolute Gasteiger partial charge is 0.227 e. The number of nitrogens with one attached hydrogen (secondary N) is 1. The van der Waals surface area contributed by atoms with E-state index in [0.29, 0.717) is 26.1 Å². The summed E-state index contributed by atoms with van der Waals surface area (Å²) in [6, 6.07) is 0.0597. The van der Waals surface area contributed by atoms with Gasteiger partial charge in [-0.05, 0) is 20.8 Å².